The first kappa shape index (κ1) is 17.4. The van der Waals surface area contributed by atoms with Crippen molar-refractivity contribution < 1.29 is 24.5 Å². The minimum absolute atomic E-state index is 0.160. The van der Waals surface area contributed by atoms with Crippen molar-refractivity contribution in [3.63, 3.8) is 0 Å². The predicted molar refractivity (Wildman–Crippen MR) is 85.8 cm³/mol. The first-order valence-corrected chi connectivity index (χ1v) is 7.08. The lowest BCUT2D eigenvalue weighted by molar-refractivity contribution is -0.179. The fourth-order valence-electron chi connectivity index (χ4n) is 2.40. The number of ether oxygens (including phenoxy) is 1. The third kappa shape index (κ3) is 3.07. The van der Waals surface area contributed by atoms with E-state index in [1.165, 1.54) is 4.57 Å². The molecule has 0 aliphatic heterocycles. The molecule has 0 unspecified atom stereocenters. The molecule has 126 valence electrons. The lowest BCUT2D eigenvalue weighted by Crippen LogP contribution is -2.50. The van der Waals surface area contributed by atoms with E-state index in [9.17, 15) is 24.6 Å². The van der Waals surface area contributed by atoms with Gasteiger partial charge in [-0.05, 0) is 23.3 Å². The quantitative estimate of drug-likeness (QED) is 0.769. The van der Waals surface area contributed by atoms with Crippen LogP contribution in [0.25, 0.3) is 11.1 Å². The van der Waals surface area contributed by atoms with Gasteiger partial charge in [-0.15, -0.1) is 0 Å². The molecule has 1 aromatic heterocycles. The van der Waals surface area contributed by atoms with Crippen LogP contribution in [0.2, 0.25) is 0 Å². The fourth-order valence-corrected chi connectivity index (χ4v) is 2.40. The van der Waals surface area contributed by atoms with Crippen molar-refractivity contribution in [2.24, 2.45) is 7.05 Å². The van der Waals surface area contributed by atoms with Crippen LogP contribution in [-0.2, 0) is 27.8 Å². The van der Waals surface area contributed by atoms with Gasteiger partial charge in [-0.25, -0.2) is 9.59 Å². The number of carbonyl (C=O) groups is 2. The molecule has 1 heterocycles. The summed E-state index contributed by atoms with van der Waals surface area (Å²) in [5, 5.41) is 18.4. The number of rotatable bonds is 6. The van der Waals surface area contributed by atoms with Gasteiger partial charge >= 0.3 is 11.9 Å². The first-order chi connectivity index (χ1) is 11.3. The van der Waals surface area contributed by atoms with Gasteiger partial charge in [0.05, 0.1) is 0 Å². The van der Waals surface area contributed by atoms with E-state index in [1.54, 1.807) is 49.6 Å². The molecule has 0 saturated carbocycles. The summed E-state index contributed by atoms with van der Waals surface area (Å²) >= 11 is 0. The SMILES string of the molecule is COC(Cc1ccc(-c2cccn(C)c2=O)cc1)(C(=O)O)C(=O)O. The molecule has 0 radical (unpaired) electrons. The average molecular weight is 331 g/mol. The Morgan fingerprint density at radius 3 is 2.21 bits per heavy atom. The molecule has 0 spiro atoms. The monoisotopic (exact) mass is 331 g/mol. The number of nitrogens with zero attached hydrogens (tertiary/aromatic N) is 1. The van der Waals surface area contributed by atoms with Crippen molar-refractivity contribution in [2.75, 3.05) is 7.11 Å². The third-order valence-corrected chi connectivity index (χ3v) is 3.88. The van der Waals surface area contributed by atoms with E-state index in [4.69, 9.17) is 4.74 Å². The minimum atomic E-state index is -2.34. The van der Waals surface area contributed by atoms with E-state index >= 15 is 0 Å². The molecule has 24 heavy (non-hydrogen) atoms. The van der Waals surface area contributed by atoms with Crippen LogP contribution in [0.1, 0.15) is 5.56 Å². The molecule has 0 amide bonds. The summed E-state index contributed by atoms with van der Waals surface area (Å²) in [5.74, 6) is -3.14. The number of carboxylic acid groups (broad SMARTS) is 2. The molecule has 0 atom stereocenters. The van der Waals surface area contributed by atoms with Crippen molar-refractivity contribution in [3.8, 4) is 11.1 Å². The molecule has 0 aliphatic carbocycles. The molecule has 1 aromatic carbocycles. The number of methoxy groups -OCH3 is 1. The number of aryl methyl sites for hydroxylation is 1. The van der Waals surface area contributed by atoms with Crippen LogP contribution < -0.4 is 5.56 Å². The Hall–Kier alpha value is -2.93. The molecule has 7 heteroatoms. The summed E-state index contributed by atoms with van der Waals surface area (Å²) in [4.78, 5) is 34.7. The van der Waals surface area contributed by atoms with Gasteiger partial charge in [0.1, 0.15) is 0 Å². The topological polar surface area (TPSA) is 106 Å². The Kier molecular flexibility index (Phi) is 4.85. The summed E-state index contributed by atoms with van der Waals surface area (Å²) in [5.41, 5.74) is -0.870. The Bertz CT molecular complexity index is 808. The summed E-state index contributed by atoms with van der Waals surface area (Å²) in [6, 6.07) is 9.90. The van der Waals surface area contributed by atoms with Gasteiger partial charge in [0, 0.05) is 32.3 Å². The summed E-state index contributed by atoms with van der Waals surface area (Å²) < 4.78 is 6.21. The fraction of sp³-hybridized carbons (Fsp3) is 0.235. The second-order valence-electron chi connectivity index (χ2n) is 5.35. The zero-order valence-corrected chi connectivity index (χ0v) is 13.2. The number of pyridine rings is 1. The lowest BCUT2D eigenvalue weighted by Gasteiger charge is -2.23. The van der Waals surface area contributed by atoms with Crippen LogP contribution in [0.4, 0.5) is 0 Å². The average Bonchev–Trinajstić information content (AvgIpc) is 2.55. The maximum Gasteiger partial charge on any atom is 0.348 e. The standard InChI is InChI=1S/C17H17NO6/c1-18-9-3-4-13(14(18)19)12-7-5-11(6-8-12)10-17(24-2,15(20)21)16(22)23/h3-9H,10H2,1-2H3,(H,20,21)(H,22,23). The number of aromatic nitrogens is 1. The second kappa shape index (κ2) is 6.67. The zero-order valence-electron chi connectivity index (χ0n) is 13.2. The normalized spacial score (nSPS) is 11.2. The van der Waals surface area contributed by atoms with Gasteiger partial charge in [-0.3, -0.25) is 4.79 Å². The molecular formula is C17H17NO6. The molecule has 2 rings (SSSR count). The minimum Gasteiger partial charge on any atom is -0.479 e. The lowest BCUT2D eigenvalue weighted by atomic mass is 9.93. The third-order valence-electron chi connectivity index (χ3n) is 3.88. The number of aliphatic carboxylic acids is 2. The van der Waals surface area contributed by atoms with Gasteiger partial charge in [-0.2, -0.15) is 0 Å². The van der Waals surface area contributed by atoms with Crippen LogP contribution in [0.15, 0.2) is 47.4 Å². The highest BCUT2D eigenvalue weighted by Crippen LogP contribution is 2.22. The van der Waals surface area contributed by atoms with Crippen LogP contribution in [0.5, 0.6) is 0 Å². The van der Waals surface area contributed by atoms with Gasteiger partial charge in [0.25, 0.3) is 11.2 Å². The van der Waals surface area contributed by atoms with E-state index in [2.05, 4.69) is 0 Å². The highest BCUT2D eigenvalue weighted by atomic mass is 16.5. The molecule has 0 saturated heterocycles. The summed E-state index contributed by atoms with van der Waals surface area (Å²) in [6.07, 6.45) is 1.31. The number of benzene rings is 1. The van der Waals surface area contributed by atoms with Gasteiger partial charge < -0.3 is 19.5 Å². The molecular weight excluding hydrogens is 314 g/mol. The molecule has 0 bridgehead atoms. The number of hydrogen-bond acceptors (Lipinski definition) is 4. The van der Waals surface area contributed by atoms with E-state index in [0.717, 1.165) is 7.11 Å². The van der Waals surface area contributed by atoms with Crippen molar-refractivity contribution >= 4 is 11.9 Å². The van der Waals surface area contributed by atoms with Crippen molar-refractivity contribution in [2.45, 2.75) is 12.0 Å². The highest BCUT2D eigenvalue weighted by Gasteiger charge is 2.47. The summed E-state index contributed by atoms with van der Waals surface area (Å²) in [6.45, 7) is 0. The maximum absolute atomic E-state index is 12.1. The van der Waals surface area contributed by atoms with Crippen molar-refractivity contribution in [3.05, 3.63) is 58.5 Å². The molecule has 0 fully saturated rings. The zero-order chi connectivity index (χ0) is 17.9. The van der Waals surface area contributed by atoms with Crippen LogP contribution >= 0.6 is 0 Å². The van der Waals surface area contributed by atoms with Gasteiger partial charge in [-0.1, -0.05) is 24.3 Å². The number of carboxylic acids is 2. The second-order valence-corrected chi connectivity index (χ2v) is 5.35. The predicted octanol–water partition coefficient (Wildman–Crippen LogP) is 1.15. The Labute approximate surface area is 137 Å². The Balaban J connectivity index is 2.36. The van der Waals surface area contributed by atoms with E-state index < -0.39 is 17.5 Å². The van der Waals surface area contributed by atoms with Crippen molar-refractivity contribution in [1.82, 2.24) is 4.57 Å². The van der Waals surface area contributed by atoms with Crippen molar-refractivity contribution in [1.29, 1.82) is 0 Å². The molecule has 7 nitrogen and oxygen atoms in total. The smallest absolute Gasteiger partial charge is 0.348 e. The Morgan fingerprint density at radius 2 is 1.71 bits per heavy atom. The van der Waals surface area contributed by atoms with Crippen LogP contribution in [0.3, 0.4) is 0 Å². The van der Waals surface area contributed by atoms with Gasteiger partial charge in [0.2, 0.25) is 0 Å². The van der Waals surface area contributed by atoms with E-state index in [-0.39, 0.29) is 12.0 Å². The highest BCUT2D eigenvalue weighted by molar-refractivity contribution is 6.02. The first-order valence-electron chi connectivity index (χ1n) is 7.08. The van der Waals surface area contributed by atoms with Crippen LogP contribution in [-0.4, -0.2) is 39.4 Å². The summed E-state index contributed by atoms with van der Waals surface area (Å²) in [7, 11) is 2.69. The van der Waals surface area contributed by atoms with Crippen LogP contribution in [0, 0.1) is 0 Å². The largest absolute Gasteiger partial charge is 0.479 e. The van der Waals surface area contributed by atoms with E-state index in [0.29, 0.717) is 16.7 Å². The molecule has 2 N–H and O–H groups in total. The Morgan fingerprint density at radius 1 is 1.12 bits per heavy atom. The maximum atomic E-state index is 12.1. The molecule has 2 aromatic rings. The molecule has 0 aliphatic rings. The number of hydrogen-bond donors (Lipinski definition) is 2. The van der Waals surface area contributed by atoms with Gasteiger partial charge in [0.15, 0.2) is 0 Å². The van der Waals surface area contributed by atoms with E-state index in [1.807, 2.05) is 0 Å².